The van der Waals surface area contributed by atoms with Gasteiger partial charge in [-0.25, -0.2) is 9.59 Å². The van der Waals surface area contributed by atoms with E-state index in [1.165, 1.54) is 0 Å². The van der Waals surface area contributed by atoms with Crippen molar-refractivity contribution in [2.24, 2.45) is 0 Å². The van der Waals surface area contributed by atoms with E-state index in [0.29, 0.717) is 12.8 Å². The summed E-state index contributed by atoms with van der Waals surface area (Å²) >= 11 is 0. The minimum Gasteiger partial charge on any atom is -0.268 e. The van der Waals surface area contributed by atoms with Gasteiger partial charge in [-0.05, 0) is 50.6 Å². The van der Waals surface area contributed by atoms with Crippen molar-refractivity contribution in [3.05, 3.63) is 0 Å². The van der Waals surface area contributed by atoms with Crippen molar-refractivity contribution < 1.29 is 39.2 Å². The molecule has 0 N–H and O–H groups in total. The van der Waals surface area contributed by atoms with Gasteiger partial charge in [-0.3, -0.25) is 9.78 Å². The van der Waals surface area contributed by atoms with Crippen molar-refractivity contribution in [3.63, 3.8) is 0 Å². The molecule has 0 aromatic rings. The summed E-state index contributed by atoms with van der Waals surface area (Å²) in [7, 11) is 0. The van der Waals surface area contributed by atoms with Gasteiger partial charge in [-0.1, -0.05) is 13.8 Å². The summed E-state index contributed by atoms with van der Waals surface area (Å²) < 4.78 is 0. The fraction of sp³-hybridized carbons (Fsp3) is 0.846. The fourth-order valence-corrected chi connectivity index (χ4v) is 0.589. The van der Waals surface area contributed by atoms with Crippen LogP contribution in [-0.2, 0) is 39.2 Å². The Kier molecular flexibility index (Phi) is 8.41. The molecule has 0 heterocycles. The Bertz CT molecular complexity index is 305. The van der Waals surface area contributed by atoms with Gasteiger partial charge < -0.3 is 0 Å². The lowest BCUT2D eigenvalue weighted by atomic mass is 10.1. The molecule has 0 saturated carbocycles. The number of carbonyl (C=O) groups excluding carboxylic acids is 2. The van der Waals surface area contributed by atoms with Crippen molar-refractivity contribution in [1.29, 1.82) is 0 Å². The summed E-state index contributed by atoms with van der Waals surface area (Å²) in [6.45, 7) is 10.7. The normalized spacial score (nSPS) is 12.1. The lowest BCUT2D eigenvalue weighted by molar-refractivity contribution is -0.520. The average molecular weight is 308 g/mol. The van der Waals surface area contributed by atoms with Gasteiger partial charge in [0.1, 0.15) is 11.2 Å². The van der Waals surface area contributed by atoms with Crippen LogP contribution in [0.25, 0.3) is 0 Å². The first-order valence-corrected chi connectivity index (χ1v) is 6.72. The largest absolute Gasteiger partial charge is 0.356 e. The number of carbonyl (C=O) groups is 2. The molecule has 8 nitrogen and oxygen atoms in total. The van der Waals surface area contributed by atoms with E-state index in [9.17, 15) is 9.59 Å². The number of hydrogen-bond acceptors (Lipinski definition) is 8. The van der Waals surface area contributed by atoms with Gasteiger partial charge in [-0.15, -0.1) is 0 Å². The molecule has 0 aromatic carbocycles. The van der Waals surface area contributed by atoms with E-state index in [0.717, 1.165) is 0 Å². The molecule has 0 aliphatic carbocycles. The maximum Gasteiger partial charge on any atom is 0.356 e. The first-order valence-electron chi connectivity index (χ1n) is 6.72. The molecule has 0 bridgehead atoms. The molecule has 0 aliphatic rings. The minimum absolute atomic E-state index is 0.608. The SMILES string of the molecule is CCC(C)(C)OOOC(=O)CC(=O)OOOC(C)(C)CC. The fourth-order valence-electron chi connectivity index (χ4n) is 0.589. The molecule has 124 valence electrons. The third-order valence-corrected chi connectivity index (χ3v) is 2.76. The molecule has 0 unspecified atom stereocenters. The van der Waals surface area contributed by atoms with Gasteiger partial charge in [0.25, 0.3) is 0 Å². The zero-order chi connectivity index (χ0) is 16.5. The van der Waals surface area contributed by atoms with Crippen LogP contribution in [0.1, 0.15) is 60.8 Å². The van der Waals surface area contributed by atoms with Crippen molar-refractivity contribution in [2.75, 3.05) is 0 Å². The summed E-state index contributed by atoms with van der Waals surface area (Å²) in [6, 6.07) is 0. The van der Waals surface area contributed by atoms with Crippen LogP contribution in [0.4, 0.5) is 0 Å². The average Bonchev–Trinajstić information content (AvgIpc) is 2.38. The highest BCUT2D eigenvalue weighted by atomic mass is 17.5. The predicted molar refractivity (Wildman–Crippen MR) is 69.9 cm³/mol. The second-order valence-electron chi connectivity index (χ2n) is 5.62. The molecule has 0 aromatic heterocycles. The topological polar surface area (TPSA) is 89.5 Å². The first kappa shape index (κ1) is 19.8. The Morgan fingerprint density at radius 3 is 1.38 bits per heavy atom. The molecule has 21 heavy (non-hydrogen) atoms. The molecule has 0 saturated heterocycles. The van der Waals surface area contributed by atoms with E-state index >= 15 is 0 Å². The van der Waals surface area contributed by atoms with Crippen LogP contribution in [0.2, 0.25) is 0 Å². The highest BCUT2D eigenvalue weighted by molar-refractivity contribution is 5.90. The van der Waals surface area contributed by atoms with Gasteiger partial charge in [0.2, 0.25) is 0 Å². The maximum absolute atomic E-state index is 11.2. The molecule has 0 amide bonds. The highest BCUT2D eigenvalue weighted by Crippen LogP contribution is 2.15. The zero-order valence-corrected chi connectivity index (χ0v) is 13.4. The van der Waals surface area contributed by atoms with E-state index in [2.05, 4.69) is 19.9 Å². The van der Waals surface area contributed by atoms with Crippen LogP contribution in [0.3, 0.4) is 0 Å². The van der Waals surface area contributed by atoms with Crippen LogP contribution >= 0.6 is 0 Å². The highest BCUT2D eigenvalue weighted by Gasteiger charge is 2.22. The van der Waals surface area contributed by atoms with E-state index in [4.69, 9.17) is 9.78 Å². The van der Waals surface area contributed by atoms with Gasteiger partial charge in [0, 0.05) is 0 Å². The van der Waals surface area contributed by atoms with Crippen LogP contribution in [-0.4, -0.2) is 23.1 Å². The summed E-state index contributed by atoms with van der Waals surface area (Å²) in [5.41, 5.74) is -1.22. The molecule has 0 rings (SSSR count). The number of hydrogen-bond donors (Lipinski definition) is 0. The molecule has 0 radical (unpaired) electrons. The number of rotatable bonds is 10. The summed E-state index contributed by atoms with van der Waals surface area (Å²) in [5, 5.41) is 8.60. The van der Waals surface area contributed by atoms with Crippen LogP contribution in [0, 0.1) is 0 Å². The quantitative estimate of drug-likeness (QED) is 0.345. The predicted octanol–water partition coefficient (Wildman–Crippen LogP) is 2.57. The van der Waals surface area contributed by atoms with E-state index in [-0.39, 0.29) is 0 Å². The molecular weight excluding hydrogens is 284 g/mol. The van der Waals surface area contributed by atoms with Gasteiger partial charge >= 0.3 is 11.9 Å². The van der Waals surface area contributed by atoms with Crippen LogP contribution < -0.4 is 0 Å². The second-order valence-corrected chi connectivity index (χ2v) is 5.62. The molecule has 0 atom stereocenters. The third kappa shape index (κ3) is 10.2. The summed E-state index contributed by atoms with van der Waals surface area (Å²) in [5.74, 6) is -1.96. The maximum atomic E-state index is 11.2. The van der Waals surface area contributed by atoms with Crippen molar-refractivity contribution in [1.82, 2.24) is 0 Å². The van der Waals surface area contributed by atoms with E-state index < -0.39 is 29.6 Å². The second kappa shape index (κ2) is 8.93. The van der Waals surface area contributed by atoms with Gasteiger partial charge in [0.05, 0.1) is 0 Å². The Hall–Kier alpha value is -1.22. The van der Waals surface area contributed by atoms with Crippen molar-refractivity contribution >= 4 is 11.9 Å². The van der Waals surface area contributed by atoms with E-state index in [1.807, 2.05) is 13.8 Å². The van der Waals surface area contributed by atoms with E-state index in [1.54, 1.807) is 27.7 Å². The Balaban J connectivity index is 3.83. The molecular formula is C13H24O8. The molecule has 0 spiro atoms. The van der Waals surface area contributed by atoms with Crippen molar-refractivity contribution in [2.45, 2.75) is 72.0 Å². The molecule has 0 fully saturated rings. The minimum atomic E-state index is -0.981. The standard InChI is InChI=1S/C13H24O8/c1-7-12(3,4)18-20-16-10(14)9-11(15)17-21-19-13(5,6)8-2/h7-9H2,1-6H3. The Labute approximate surface area is 124 Å². The summed E-state index contributed by atoms with van der Waals surface area (Å²) in [4.78, 5) is 40.6. The zero-order valence-electron chi connectivity index (χ0n) is 13.4. The Morgan fingerprint density at radius 2 is 1.10 bits per heavy atom. The summed E-state index contributed by atoms with van der Waals surface area (Å²) in [6.07, 6.45) is 0.585. The van der Waals surface area contributed by atoms with Crippen LogP contribution in [0.15, 0.2) is 0 Å². The lowest BCUT2D eigenvalue weighted by Crippen LogP contribution is -2.26. The van der Waals surface area contributed by atoms with Gasteiger partial charge in [0.15, 0.2) is 6.42 Å². The first-order chi connectivity index (χ1) is 9.62. The smallest absolute Gasteiger partial charge is 0.268 e. The van der Waals surface area contributed by atoms with Gasteiger partial charge in [-0.2, -0.15) is 9.78 Å². The molecule has 0 aliphatic heterocycles. The van der Waals surface area contributed by atoms with Crippen molar-refractivity contribution in [3.8, 4) is 0 Å². The van der Waals surface area contributed by atoms with Crippen LogP contribution in [0.5, 0.6) is 0 Å². The lowest BCUT2D eigenvalue weighted by Gasteiger charge is -2.19. The molecule has 8 heteroatoms. The monoisotopic (exact) mass is 308 g/mol. The Morgan fingerprint density at radius 1 is 0.762 bits per heavy atom. The third-order valence-electron chi connectivity index (χ3n) is 2.76.